The van der Waals surface area contributed by atoms with Crippen molar-refractivity contribution < 1.29 is 14.2 Å². The van der Waals surface area contributed by atoms with E-state index in [9.17, 15) is 0 Å². The van der Waals surface area contributed by atoms with Gasteiger partial charge in [-0.2, -0.15) is 0 Å². The molecule has 0 aliphatic carbocycles. The first-order valence-corrected chi connectivity index (χ1v) is 11.5. The Morgan fingerprint density at radius 2 is 1.84 bits per heavy atom. The van der Waals surface area contributed by atoms with Crippen molar-refractivity contribution in [3.05, 3.63) is 52.8 Å². The molecule has 0 saturated carbocycles. The van der Waals surface area contributed by atoms with Crippen molar-refractivity contribution in [1.29, 1.82) is 0 Å². The molecule has 162 valence electrons. The maximum atomic E-state index is 6.51. The third-order valence-electron chi connectivity index (χ3n) is 6.70. The lowest BCUT2D eigenvalue weighted by Gasteiger charge is -2.34. The van der Waals surface area contributed by atoms with Gasteiger partial charge in [0.1, 0.15) is 11.9 Å². The maximum Gasteiger partial charge on any atom is 0.231 e. The van der Waals surface area contributed by atoms with Crippen molar-refractivity contribution in [3.8, 4) is 11.5 Å². The predicted molar refractivity (Wildman–Crippen MR) is 119 cm³/mol. The summed E-state index contributed by atoms with van der Waals surface area (Å²) in [7, 11) is 0. The number of ether oxygens (including phenoxy) is 3. The Bertz CT molecular complexity index is 1100. The number of aromatic nitrogens is 2. The first kappa shape index (κ1) is 19.4. The summed E-state index contributed by atoms with van der Waals surface area (Å²) in [6.45, 7) is 3.97. The molecule has 1 unspecified atom stereocenters. The number of imidazole rings is 1. The van der Waals surface area contributed by atoms with Crippen LogP contribution in [0.25, 0.3) is 11.0 Å². The molecule has 7 heteroatoms. The largest absolute Gasteiger partial charge is 0.454 e. The summed E-state index contributed by atoms with van der Waals surface area (Å²) >= 11 is 6.51. The number of hydrogen-bond donors (Lipinski definition) is 0. The minimum absolute atomic E-state index is 0.123. The van der Waals surface area contributed by atoms with E-state index in [1.807, 2.05) is 12.1 Å². The van der Waals surface area contributed by atoms with Gasteiger partial charge in [0, 0.05) is 43.4 Å². The van der Waals surface area contributed by atoms with Crippen molar-refractivity contribution in [3.63, 3.8) is 0 Å². The van der Waals surface area contributed by atoms with Crippen LogP contribution in [0.3, 0.4) is 0 Å². The second kappa shape index (κ2) is 8.01. The van der Waals surface area contributed by atoms with Crippen molar-refractivity contribution >= 4 is 22.6 Å². The van der Waals surface area contributed by atoms with E-state index >= 15 is 0 Å². The number of benzene rings is 2. The summed E-state index contributed by atoms with van der Waals surface area (Å²) in [5, 5.41) is 0.743. The minimum atomic E-state index is 0.123. The lowest BCUT2D eigenvalue weighted by Crippen LogP contribution is -2.34. The van der Waals surface area contributed by atoms with Crippen LogP contribution in [-0.4, -0.2) is 40.9 Å². The molecule has 0 radical (unpaired) electrons. The monoisotopic (exact) mass is 439 g/mol. The Labute approximate surface area is 186 Å². The molecule has 31 heavy (non-hydrogen) atoms. The fraction of sp³-hybridized carbons (Fsp3) is 0.458. The Morgan fingerprint density at radius 3 is 2.65 bits per heavy atom. The summed E-state index contributed by atoms with van der Waals surface area (Å²) in [6, 6.07) is 12.8. The van der Waals surface area contributed by atoms with Gasteiger partial charge < -0.3 is 18.8 Å². The zero-order chi connectivity index (χ0) is 20.8. The van der Waals surface area contributed by atoms with Gasteiger partial charge in [-0.1, -0.05) is 23.7 Å². The molecule has 4 heterocycles. The highest BCUT2D eigenvalue weighted by Crippen LogP contribution is 2.39. The van der Waals surface area contributed by atoms with E-state index in [-0.39, 0.29) is 12.9 Å². The van der Waals surface area contributed by atoms with Gasteiger partial charge in [-0.3, -0.25) is 4.90 Å². The van der Waals surface area contributed by atoms with Gasteiger partial charge in [-0.25, -0.2) is 4.98 Å². The van der Waals surface area contributed by atoms with Gasteiger partial charge in [0.15, 0.2) is 11.5 Å². The van der Waals surface area contributed by atoms with Gasteiger partial charge >= 0.3 is 0 Å². The number of fused-ring (bicyclic) bond motifs is 2. The molecular weight excluding hydrogens is 414 g/mol. The maximum absolute atomic E-state index is 6.51. The van der Waals surface area contributed by atoms with E-state index in [0.29, 0.717) is 6.04 Å². The summed E-state index contributed by atoms with van der Waals surface area (Å²) in [5.74, 6) is 2.64. The van der Waals surface area contributed by atoms with Gasteiger partial charge in [-0.15, -0.1) is 0 Å². The molecule has 0 N–H and O–H groups in total. The molecular formula is C24H26ClN3O3. The molecule has 3 aliphatic heterocycles. The highest BCUT2D eigenvalue weighted by Gasteiger charge is 2.30. The number of piperidine rings is 1. The van der Waals surface area contributed by atoms with Crippen LogP contribution in [0.5, 0.6) is 11.5 Å². The molecule has 0 bridgehead atoms. The van der Waals surface area contributed by atoms with Gasteiger partial charge in [0.25, 0.3) is 0 Å². The van der Waals surface area contributed by atoms with E-state index in [2.05, 4.69) is 33.7 Å². The summed E-state index contributed by atoms with van der Waals surface area (Å²) in [4.78, 5) is 7.46. The van der Waals surface area contributed by atoms with E-state index in [0.717, 1.165) is 85.4 Å². The molecule has 2 aromatic carbocycles. The van der Waals surface area contributed by atoms with Gasteiger partial charge in [0.05, 0.1) is 11.0 Å². The summed E-state index contributed by atoms with van der Waals surface area (Å²) in [6.07, 6.45) is 4.47. The molecule has 6 rings (SSSR count). The van der Waals surface area contributed by atoms with Crippen molar-refractivity contribution in [2.45, 2.75) is 44.4 Å². The fourth-order valence-corrected chi connectivity index (χ4v) is 5.33. The number of likely N-dealkylation sites (tertiary alicyclic amines) is 1. The number of halogens is 1. The SMILES string of the molecule is Clc1cc2c(cc1CN1CCC(n3c(C4CCCO4)nc4ccccc43)CC1)OCO2. The highest BCUT2D eigenvalue weighted by atomic mass is 35.5. The fourth-order valence-electron chi connectivity index (χ4n) is 5.11. The number of nitrogens with zero attached hydrogens (tertiary/aromatic N) is 3. The Balaban J connectivity index is 1.21. The molecule has 2 saturated heterocycles. The molecule has 1 aromatic heterocycles. The molecule has 0 spiro atoms. The molecule has 3 aromatic rings. The average molecular weight is 440 g/mol. The van der Waals surface area contributed by atoms with Crippen LogP contribution in [-0.2, 0) is 11.3 Å². The average Bonchev–Trinajstić information content (AvgIpc) is 3.54. The molecule has 6 nitrogen and oxygen atoms in total. The molecule has 1 atom stereocenters. The second-order valence-electron chi connectivity index (χ2n) is 8.63. The van der Waals surface area contributed by atoms with Crippen LogP contribution in [0.15, 0.2) is 36.4 Å². The molecule has 2 fully saturated rings. The smallest absolute Gasteiger partial charge is 0.231 e. The number of rotatable bonds is 4. The number of hydrogen-bond acceptors (Lipinski definition) is 5. The predicted octanol–water partition coefficient (Wildman–Crippen LogP) is 5.11. The van der Waals surface area contributed by atoms with Crippen LogP contribution in [0.4, 0.5) is 0 Å². The third-order valence-corrected chi connectivity index (χ3v) is 7.05. The van der Waals surface area contributed by atoms with Crippen molar-refractivity contribution in [2.24, 2.45) is 0 Å². The summed E-state index contributed by atoms with van der Waals surface area (Å²) in [5.41, 5.74) is 3.39. The summed E-state index contributed by atoms with van der Waals surface area (Å²) < 4.78 is 19.4. The highest BCUT2D eigenvalue weighted by molar-refractivity contribution is 6.31. The third kappa shape index (κ3) is 3.56. The van der Waals surface area contributed by atoms with Gasteiger partial charge in [0.2, 0.25) is 6.79 Å². The van der Waals surface area contributed by atoms with Crippen LogP contribution in [0.1, 0.15) is 49.2 Å². The Hall–Kier alpha value is -2.28. The van der Waals surface area contributed by atoms with E-state index in [1.165, 1.54) is 5.52 Å². The lowest BCUT2D eigenvalue weighted by atomic mass is 10.0. The van der Waals surface area contributed by atoms with Crippen LogP contribution >= 0.6 is 11.6 Å². The van der Waals surface area contributed by atoms with E-state index in [4.69, 9.17) is 30.8 Å². The Kier molecular flexibility index (Phi) is 5.01. The molecule has 3 aliphatic rings. The Morgan fingerprint density at radius 1 is 1.03 bits per heavy atom. The van der Waals surface area contributed by atoms with Crippen molar-refractivity contribution in [2.75, 3.05) is 26.5 Å². The van der Waals surface area contributed by atoms with Crippen molar-refractivity contribution in [1.82, 2.24) is 14.5 Å². The first-order chi connectivity index (χ1) is 15.3. The quantitative estimate of drug-likeness (QED) is 0.565. The minimum Gasteiger partial charge on any atom is -0.454 e. The van der Waals surface area contributed by atoms with E-state index < -0.39 is 0 Å². The topological polar surface area (TPSA) is 48.8 Å². The molecule has 0 amide bonds. The normalized spacial score (nSPS) is 21.9. The zero-order valence-electron chi connectivity index (χ0n) is 17.4. The lowest BCUT2D eigenvalue weighted by molar-refractivity contribution is 0.0971. The number of para-hydroxylation sites is 2. The standard InChI is InChI=1S/C24H26ClN3O3/c25-18-13-23-22(30-15-31-23)12-16(18)14-27-9-7-17(8-10-27)28-20-5-2-1-4-19(20)26-24(28)21-6-3-11-29-21/h1-2,4-5,12-13,17,21H,3,6-11,14-15H2. The van der Waals surface area contributed by atoms with E-state index in [1.54, 1.807) is 0 Å². The van der Waals surface area contributed by atoms with Gasteiger partial charge in [-0.05, 0) is 49.4 Å². The zero-order valence-corrected chi connectivity index (χ0v) is 18.2. The first-order valence-electron chi connectivity index (χ1n) is 11.1. The van der Waals surface area contributed by atoms with Crippen LogP contribution < -0.4 is 9.47 Å². The van der Waals surface area contributed by atoms with Crippen LogP contribution in [0.2, 0.25) is 5.02 Å². The van der Waals surface area contributed by atoms with Crippen LogP contribution in [0, 0.1) is 0 Å². The second-order valence-corrected chi connectivity index (χ2v) is 9.04.